The van der Waals surface area contributed by atoms with Gasteiger partial charge in [-0.1, -0.05) is 36.8 Å². The largest absolute Gasteiger partial charge is 0.393 e. The third kappa shape index (κ3) is 4.68. The standard InChI is InChI=1S/C24H36N2O3/c27-20-11-15-26(16-12-20)21-9-13-24(14-10-22(21)28,19-7-2-1-3-8-19)17-25-23(29)18-5-4-6-18/h1-3,7-8,18,20-22,27-28H,4-6,9-17H2,(H,25,29)/t21-,22-,24-/m0/s1. The maximum Gasteiger partial charge on any atom is 0.223 e. The molecule has 1 aromatic rings. The minimum Gasteiger partial charge on any atom is -0.393 e. The maximum atomic E-state index is 12.5. The van der Waals surface area contributed by atoms with E-state index in [1.807, 2.05) is 6.07 Å². The van der Waals surface area contributed by atoms with Crippen LogP contribution in [0.5, 0.6) is 0 Å². The number of rotatable bonds is 5. The zero-order chi connectivity index (χ0) is 20.3. The Morgan fingerprint density at radius 1 is 1.00 bits per heavy atom. The molecule has 1 heterocycles. The van der Waals surface area contributed by atoms with Crippen molar-refractivity contribution in [3.05, 3.63) is 35.9 Å². The fourth-order valence-electron chi connectivity index (χ4n) is 5.43. The van der Waals surface area contributed by atoms with Gasteiger partial charge in [0.1, 0.15) is 0 Å². The van der Waals surface area contributed by atoms with Gasteiger partial charge in [0.25, 0.3) is 0 Å². The van der Waals surface area contributed by atoms with Gasteiger partial charge in [-0.3, -0.25) is 9.69 Å². The van der Waals surface area contributed by atoms with Crippen LogP contribution in [0, 0.1) is 5.92 Å². The summed E-state index contributed by atoms with van der Waals surface area (Å²) in [6.45, 7) is 2.38. The van der Waals surface area contributed by atoms with Crippen LogP contribution in [-0.2, 0) is 10.2 Å². The van der Waals surface area contributed by atoms with Crippen molar-refractivity contribution in [3.63, 3.8) is 0 Å². The number of hydrogen-bond donors (Lipinski definition) is 3. The van der Waals surface area contributed by atoms with E-state index < -0.39 is 0 Å². The van der Waals surface area contributed by atoms with Gasteiger partial charge in [0, 0.05) is 37.0 Å². The molecule has 5 nitrogen and oxygen atoms in total. The number of nitrogens with zero attached hydrogens (tertiary/aromatic N) is 1. The molecule has 3 atom stereocenters. The van der Waals surface area contributed by atoms with Crippen molar-refractivity contribution in [1.82, 2.24) is 10.2 Å². The molecule has 3 fully saturated rings. The van der Waals surface area contributed by atoms with Crippen LogP contribution in [-0.4, -0.2) is 58.9 Å². The summed E-state index contributed by atoms with van der Waals surface area (Å²) in [5.74, 6) is 0.407. The first-order valence-electron chi connectivity index (χ1n) is 11.5. The lowest BCUT2D eigenvalue weighted by molar-refractivity contribution is -0.127. The van der Waals surface area contributed by atoms with E-state index in [1.165, 1.54) is 12.0 Å². The quantitative estimate of drug-likeness (QED) is 0.665. The van der Waals surface area contributed by atoms with E-state index in [-0.39, 0.29) is 35.5 Å². The summed E-state index contributed by atoms with van der Waals surface area (Å²) in [5.41, 5.74) is 1.15. The van der Waals surface area contributed by atoms with Crippen molar-refractivity contribution in [1.29, 1.82) is 0 Å². The molecule has 2 saturated carbocycles. The van der Waals surface area contributed by atoms with Crippen LogP contribution in [0.1, 0.15) is 63.4 Å². The number of amides is 1. The van der Waals surface area contributed by atoms with Crippen LogP contribution in [0.3, 0.4) is 0 Å². The third-order valence-electron chi connectivity index (χ3n) is 7.71. The summed E-state index contributed by atoms with van der Waals surface area (Å²) in [7, 11) is 0. The Bertz CT molecular complexity index is 670. The number of carbonyl (C=O) groups excluding carboxylic acids is 1. The Morgan fingerprint density at radius 2 is 1.69 bits per heavy atom. The molecule has 1 amide bonds. The first-order chi connectivity index (χ1) is 14.1. The highest BCUT2D eigenvalue weighted by Gasteiger charge is 2.40. The summed E-state index contributed by atoms with van der Waals surface area (Å²) in [6.07, 6.45) is 7.77. The van der Waals surface area contributed by atoms with Crippen LogP contribution in [0.2, 0.25) is 0 Å². The highest BCUT2D eigenvalue weighted by Crippen LogP contribution is 2.40. The van der Waals surface area contributed by atoms with Crippen molar-refractivity contribution < 1.29 is 15.0 Å². The maximum absolute atomic E-state index is 12.5. The fourth-order valence-corrected chi connectivity index (χ4v) is 5.43. The summed E-state index contributed by atoms with van der Waals surface area (Å²) in [5, 5.41) is 24.1. The summed E-state index contributed by atoms with van der Waals surface area (Å²) < 4.78 is 0. The van der Waals surface area contributed by atoms with Crippen LogP contribution in [0.15, 0.2) is 30.3 Å². The lowest BCUT2D eigenvalue weighted by atomic mass is 9.73. The number of nitrogens with one attached hydrogen (secondary N) is 1. The molecule has 0 aromatic heterocycles. The van der Waals surface area contributed by atoms with E-state index in [9.17, 15) is 15.0 Å². The normalized spacial score (nSPS) is 32.3. The van der Waals surface area contributed by atoms with Gasteiger partial charge in [-0.15, -0.1) is 0 Å². The number of aliphatic hydroxyl groups is 2. The summed E-state index contributed by atoms with van der Waals surface area (Å²) in [4.78, 5) is 14.9. The molecule has 2 aliphatic carbocycles. The van der Waals surface area contributed by atoms with Crippen molar-refractivity contribution in [2.45, 2.75) is 81.5 Å². The third-order valence-corrected chi connectivity index (χ3v) is 7.71. The first kappa shape index (κ1) is 20.8. The molecule has 1 saturated heterocycles. The smallest absolute Gasteiger partial charge is 0.223 e. The van der Waals surface area contributed by atoms with E-state index in [4.69, 9.17) is 0 Å². The molecular formula is C24H36N2O3. The second-order valence-electron chi connectivity index (χ2n) is 9.47. The van der Waals surface area contributed by atoms with Crippen molar-refractivity contribution >= 4 is 5.91 Å². The zero-order valence-corrected chi connectivity index (χ0v) is 17.4. The van der Waals surface area contributed by atoms with Gasteiger partial charge >= 0.3 is 0 Å². The Balaban J connectivity index is 1.49. The number of aliphatic hydroxyl groups excluding tert-OH is 2. The van der Waals surface area contributed by atoms with Crippen molar-refractivity contribution in [2.75, 3.05) is 19.6 Å². The first-order valence-corrected chi connectivity index (χ1v) is 11.5. The predicted molar refractivity (Wildman–Crippen MR) is 114 cm³/mol. The molecule has 160 valence electrons. The van der Waals surface area contributed by atoms with Crippen LogP contribution >= 0.6 is 0 Å². The monoisotopic (exact) mass is 400 g/mol. The molecule has 3 N–H and O–H groups in total. The number of hydrogen-bond acceptors (Lipinski definition) is 4. The van der Waals surface area contributed by atoms with Gasteiger partial charge in [-0.25, -0.2) is 0 Å². The number of likely N-dealkylation sites (tertiary alicyclic amines) is 1. The Hall–Kier alpha value is -1.43. The summed E-state index contributed by atoms with van der Waals surface area (Å²) >= 11 is 0. The Labute approximate surface area is 174 Å². The molecule has 3 aliphatic rings. The van der Waals surface area contributed by atoms with Gasteiger partial charge in [0.15, 0.2) is 0 Å². The number of benzene rings is 1. The van der Waals surface area contributed by atoms with Gasteiger partial charge in [0.05, 0.1) is 12.2 Å². The molecule has 0 bridgehead atoms. The molecule has 29 heavy (non-hydrogen) atoms. The minimum atomic E-state index is -0.349. The van der Waals surface area contributed by atoms with E-state index in [2.05, 4.69) is 34.5 Å². The van der Waals surface area contributed by atoms with Gasteiger partial charge in [0.2, 0.25) is 5.91 Å². The fraction of sp³-hybridized carbons (Fsp3) is 0.708. The van der Waals surface area contributed by atoms with E-state index in [1.54, 1.807) is 0 Å². The Kier molecular flexibility index (Phi) is 6.57. The van der Waals surface area contributed by atoms with Crippen molar-refractivity contribution in [2.24, 2.45) is 5.92 Å². The SMILES string of the molecule is O=C(NC[C@@]1(c2ccccc2)CC[C@H](O)[C@@H](N2CCC(O)CC2)CC1)C1CCC1. The minimum absolute atomic E-state index is 0.119. The molecule has 0 spiro atoms. The second-order valence-corrected chi connectivity index (χ2v) is 9.47. The molecule has 1 aliphatic heterocycles. The van der Waals surface area contributed by atoms with Crippen LogP contribution in [0.25, 0.3) is 0 Å². The zero-order valence-electron chi connectivity index (χ0n) is 17.4. The molecule has 0 unspecified atom stereocenters. The average molecular weight is 401 g/mol. The second kappa shape index (κ2) is 9.15. The topological polar surface area (TPSA) is 72.8 Å². The lowest BCUT2D eigenvalue weighted by Crippen LogP contribution is -2.48. The average Bonchev–Trinajstić information content (AvgIpc) is 2.87. The van der Waals surface area contributed by atoms with Crippen LogP contribution in [0.4, 0.5) is 0 Å². The van der Waals surface area contributed by atoms with E-state index in [0.717, 1.165) is 64.5 Å². The molecule has 1 aromatic carbocycles. The Morgan fingerprint density at radius 3 is 2.34 bits per heavy atom. The van der Waals surface area contributed by atoms with Crippen LogP contribution < -0.4 is 5.32 Å². The molecule has 5 heteroatoms. The van der Waals surface area contributed by atoms with Gasteiger partial charge in [-0.2, -0.15) is 0 Å². The molecule has 0 radical (unpaired) electrons. The number of piperidine rings is 1. The summed E-state index contributed by atoms with van der Waals surface area (Å²) in [6, 6.07) is 10.7. The van der Waals surface area contributed by atoms with E-state index >= 15 is 0 Å². The predicted octanol–water partition coefficient (Wildman–Crippen LogP) is 2.60. The van der Waals surface area contributed by atoms with Gasteiger partial charge in [-0.05, 0) is 56.9 Å². The lowest BCUT2D eigenvalue weighted by Gasteiger charge is -2.38. The number of carbonyl (C=O) groups is 1. The van der Waals surface area contributed by atoms with E-state index in [0.29, 0.717) is 6.54 Å². The highest BCUT2D eigenvalue weighted by atomic mass is 16.3. The highest BCUT2D eigenvalue weighted by molar-refractivity contribution is 5.79. The molecular weight excluding hydrogens is 364 g/mol. The molecule has 4 rings (SSSR count). The van der Waals surface area contributed by atoms with Crippen molar-refractivity contribution in [3.8, 4) is 0 Å². The van der Waals surface area contributed by atoms with Gasteiger partial charge < -0.3 is 15.5 Å².